The molecule has 3 rings (SSSR count). The summed E-state index contributed by atoms with van der Waals surface area (Å²) in [6, 6.07) is 5.21. The lowest BCUT2D eigenvalue weighted by Crippen LogP contribution is -2.14. The topological polar surface area (TPSA) is 68.5 Å². The predicted octanol–water partition coefficient (Wildman–Crippen LogP) is 3.86. The Morgan fingerprint density at radius 2 is 2.00 bits per heavy atom. The lowest BCUT2D eigenvalue weighted by atomic mass is 10.2. The van der Waals surface area contributed by atoms with E-state index in [1.807, 2.05) is 13.0 Å². The van der Waals surface area contributed by atoms with Crippen molar-refractivity contribution in [2.45, 2.75) is 13.3 Å². The largest absolute Gasteiger partial charge is 0.481 e. The van der Waals surface area contributed by atoms with E-state index >= 15 is 0 Å². The predicted molar refractivity (Wildman–Crippen MR) is 93.3 cm³/mol. The molecule has 0 aliphatic rings. The van der Waals surface area contributed by atoms with Crippen molar-refractivity contribution in [1.82, 2.24) is 14.6 Å². The fourth-order valence-electron chi connectivity index (χ4n) is 2.33. The molecule has 1 N–H and O–H groups in total. The van der Waals surface area contributed by atoms with E-state index in [0.29, 0.717) is 22.6 Å². The number of carbonyl (C=O) groups excluding carboxylic acids is 1. The number of rotatable bonds is 4. The van der Waals surface area contributed by atoms with E-state index in [0.717, 1.165) is 12.1 Å². The second kappa shape index (κ2) is 6.67. The minimum Gasteiger partial charge on any atom is -0.481 e. The van der Waals surface area contributed by atoms with E-state index < -0.39 is 0 Å². The van der Waals surface area contributed by atoms with Gasteiger partial charge in [-0.2, -0.15) is 5.10 Å². The van der Waals surface area contributed by atoms with Crippen LogP contribution in [0.1, 0.15) is 23.0 Å². The summed E-state index contributed by atoms with van der Waals surface area (Å²) in [5.74, 6) is 0.196. The minimum atomic E-state index is -0.347. The molecule has 0 spiro atoms. The van der Waals surface area contributed by atoms with Gasteiger partial charge >= 0.3 is 0 Å². The quantitative estimate of drug-likeness (QED) is 0.762. The number of fused-ring (bicyclic) bond motifs is 1. The molecule has 0 aliphatic carbocycles. The monoisotopic (exact) mass is 364 g/mol. The molecule has 8 heteroatoms. The summed E-state index contributed by atoms with van der Waals surface area (Å²) in [4.78, 5) is 16.6. The molecule has 24 heavy (non-hydrogen) atoms. The first-order valence-electron chi connectivity index (χ1n) is 7.21. The van der Waals surface area contributed by atoms with Crippen molar-refractivity contribution in [1.29, 1.82) is 0 Å². The lowest BCUT2D eigenvalue weighted by Gasteiger charge is -2.10. The molecule has 0 atom stereocenters. The zero-order valence-electron chi connectivity index (χ0n) is 13.0. The van der Waals surface area contributed by atoms with Gasteiger partial charge in [0.15, 0.2) is 0 Å². The van der Waals surface area contributed by atoms with Gasteiger partial charge in [-0.3, -0.25) is 9.78 Å². The maximum absolute atomic E-state index is 12.7. The van der Waals surface area contributed by atoms with Crippen LogP contribution in [-0.2, 0) is 6.42 Å². The second-order valence-corrected chi connectivity index (χ2v) is 5.82. The molecule has 0 aliphatic heterocycles. The van der Waals surface area contributed by atoms with Crippen LogP contribution >= 0.6 is 23.2 Å². The van der Waals surface area contributed by atoms with Gasteiger partial charge in [0.05, 0.1) is 39.6 Å². The maximum Gasteiger partial charge on any atom is 0.257 e. The van der Waals surface area contributed by atoms with Crippen LogP contribution in [0.15, 0.2) is 30.6 Å². The molecule has 6 nitrogen and oxygen atoms in total. The van der Waals surface area contributed by atoms with E-state index in [9.17, 15) is 4.79 Å². The lowest BCUT2D eigenvalue weighted by molar-refractivity contribution is 0.102. The van der Waals surface area contributed by atoms with Gasteiger partial charge < -0.3 is 10.1 Å². The highest BCUT2D eigenvalue weighted by Crippen LogP contribution is 2.30. The van der Waals surface area contributed by atoms with Crippen LogP contribution in [0, 0.1) is 0 Å². The highest BCUT2D eigenvalue weighted by molar-refractivity contribution is 6.39. The van der Waals surface area contributed by atoms with Gasteiger partial charge in [-0.1, -0.05) is 30.1 Å². The molecule has 0 radical (unpaired) electrons. The molecule has 124 valence electrons. The summed E-state index contributed by atoms with van der Waals surface area (Å²) in [6.45, 7) is 1.99. The molecule has 0 bridgehead atoms. The van der Waals surface area contributed by atoms with Crippen LogP contribution < -0.4 is 10.1 Å². The van der Waals surface area contributed by atoms with Crippen LogP contribution in [0.3, 0.4) is 0 Å². The Hall–Kier alpha value is -2.31. The van der Waals surface area contributed by atoms with Gasteiger partial charge in [0.2, 0.25) is 5.88 Å². The van der Waals surface area contributed by atoms with E-state index in [2.05, 4.69) is 15.4 Å². The standard InChI is InChI=1S/C16H14Cl2N4O2/c1-3-9-6-13-10(4-5-14(24-2)22(13)21-9)16(23)20-15-11(17)7-19-8-12(15)18/h4-8H,3H2,1-2H3,(H,19,20,23). The zero-order valence-corrected chi connectivity index (χ0v) is 14.5. The summed E-state index contributed by atoms with van der Waals surface area (Å²) < 4.78 is 6.90. The normalized spacial score (nSPS) is 10.8. The summed E-state index contributed by atoms with van der Waals surface area (Å²) in [5, 5.41) is 7.70. The zero-order chi connectivity index (χ0) is 17.3. The highest BCUT2D eigenvalue weighted by atomic mass is 35.5. The molecule has 3 aromatic heterocycles. The smallest absolute Gasteiger partial charge is 0.257 e. The van der Waals surface area contributed by atoms with E-state index in [-0.39, 0.29) is 16.0 Å². The molecule has 3 aromatic rings. The fourth-order valence-corrected chi connectivity index (χ4v) is 2.79. The Balaban J connectivity index is 2.06. The van der Waals surface area contributed by atoms with E-state index in [1.54, 1.807) is 23.8 Å². The number of aryl methyl sites for hydroxylation is 1. The Morgan fingerprint density at radius 3 is 2.62 bits per heavy atom. The summed E-state index contributed by atoms with van der Waals surface area (Å²) in [6.07, 6.45) is 3.58. The number of hydrogen-bond acceptors (Lipinski definition) is 4. The first-order valence-corrected chi connectivity index (χ1v) is 7.96. The maximum atomic E-state index is 12.7. The molecular formula is C16H14Cl2N4O2. The van der Waals surface area contributed by atoms with Crippen LogP contribution in [-0.4, -0.2) is 27.6 Å². The van der Waals surface area contributed by atoms with Crippen molar-refractivity contribution in [3.8, 4) is 5.88 Å². The average molecular weight is 365 g/mol. The number of anilines is 1. The molecular weight excluding hydrogens is 351 g/mol. The number of methoxy groups -OCH3 is 1. The third-order valence-electron chi connectivity index (χ3n) is 3.55. The van der Waals surface area contributed by atoms with Crippen molar-refractivity contribution in [2.24, 2.45) is 0 Å². The van der Waals surface area contributed by atoms with Crippen molar-refractivity contribution in [2.75, 3.05) is 12.4 Å². The minimum absolute atomic E-state index is 0.267. The number of nitrogens with zero attached hydrogens (tertiary/aromatic N) is 3. The van der Waals surface area contributed by atoms with Crippen LogP contribution in [0.4, 0.5) is 5.69 Å². The number of nitrogens with one attached hydrogen (secondary N) is 1. The summed E-state index contributed by atoms with van der Waals surface area (Å²) in [5.41, 5.74) is 2.26. The Bertz CT molecular complexity index is 904. The molecule has 0 saturated heterocycles. The van der Waals surface area contributed by atoms with Crippen LogP contribution in [0.25, 0.3) is 5.52 Å². The number of amides is 1. The molecule has 1 amide bonds. The van der Waals surface area contributed by atoms with Gasteiger partial charge in [0, 0.05) is 18.5 Å². The second-order valence-electron chi connectivity index (χ2n) is 5.01. The van der Waals surface area contributed by atoms with Gasteiger partial charge in [0.25, 0.3) is 5.91 Å². The molecule has 0 unspecified atom stereocenters. The number of aromatic nitrogens is 3. The number of hydrogen-bond donors (Lipinski definition) is 1. The number of halogens is 2. The van der Waals surface area contributed by atoms with Gasteiger partial charge in [0.1, 0.15) is 0 Å². The van der Waals surface area contributed by atoms with Crippen molar-refractivity contribution in [3.63, 3.8) is 0 Å². The van der Waals surface area contributed by atoms with E-state index in [4.69, 9.17) is 27.9 Å². The number of carbonyl (C=O) groups is 1. The van der Waals surface area contributed by atoms with Crippen molar-refractivity contribution < 1.29 is 9.53 Å². The first kappa shape index (κ1) is 16.5. The van der Waals surface area contributed by atoms with E-state index in [1.165, 1.54) is 12.4 Å². The molecule has 0 fully saturated rings. The molecule has 3 heterocycles. The van der Waals surface area contributed by atoms with Crippen molar-refractivity contribution >= 4 is 40.3 Å². The van der Waals surface area contributed by atoms with Gasteiger partial charge in [-0.25, -0.2) is 4.52 Å². The van der Waals surface area contributed by atoms with Crippen molar-refractivity contribution in [3.05, 3.63) is 51.9 Å². The third-order valence-corrected chi connectivity index (χ3v) is 4.12. The fraction of sp³-hybridized carbons (Fsp3) is 0.188. The van der Waals surface area contributed by atoms with Crippen LogP contribution in [0.5, 0.6) is 5.88 Å². The Morgan fingerprint density at radius 1 is 1.29 bits per heavy atom. The first-order chi connectivity index (χ1) is 11.5. The number of ether oxygens (including phenoxy) is 1. The Labute approximate surface area is 148 Å². The van der Waals surface area contributed by atoms with Gasteiger partial charge in [-0.05, 0) is 18.6 Å². The average Bonchev–Trinajstić information content (AvgIpc) is 3.01. The van der Waals surface area contributed by atoms with Crippen LogP contribution in [0.2, 0.25) is 10.0 Å². The third kappa shape index (κ3) is 2.90. The van der Waals surface area contributed by atoms with Gasteiger partial charge in [-0.15, -0.1) is 0 Å². The molecule has 0 aromatic carbocycles. The highest BCUT2D eigenvalue weighted by Gasteiger charge is 2.17. The SMILES string of the molecule is CCc1cc2c(C(=O)Nc3c(Cl)cncc3Cl)ccc(OC)n2n1. The summed E-state index contributed by atoms with van der Waals surface area (Å²) in [7, 11) is 1.55. The number of pyridine rings is 2. The Kier molecular flexibility index (Phi) is 4.59. The molecule has 0 saturated carbocycles. The summed E-state index contributed by atoms with van der Waals surface area (Å²) >= 11 is 12.1.